The van der Waals surface area contributed by atoms with Crippen LogP contribution in [-0.4, -0.2) is 48.8 Å². The Hall–Kier alpha value is -0.980. The Kier molecular flexibility index (Phi) is 5.72. The molecule has 21 heavy (non-hydrogen) atoms. The molecule has 2 aliphatic heterocycles. The molecule has 0 amide bonds. The van der Waals surface area contributed by atoms with Gasteiger partial charge in [-0.2, -0.15) is 0 Å². The Morgan fingerprint density at radius 2 is 1.57 bits per heavy atom. The topological polar surface area (TPSA) is 74.8 Å². The van der Waals surface area contributed by atoms with Crippen LogP contribution in [0.15, 0.2) is 30.3 Å². The molecule has 2 fully saturated rings. The van der Waals surface area contributed by atoms with Gasteiger partial charge in [-0.3, -0.25) is 0 Å². The predicted molar refractivity (Wildman–Crippen MR) is 77.7 cm³/mol. The zero-order valence-electron chi connectivity index (χ0n) is 12.6. The maximum atomic E-state index is 9.62. The van der Waals surface area contributed by atoms with E-state index in [-0.39, 0.29) is 5.92 Å². The minimum atomic E-state index is -1.71. The highest BCUT2D eigenvalue weighted by Crippen LogP contribution is 2.25. The van der Waals surface area contributed by atoms with Gasteiger partial charge in [0.05, 0.1) is 26.4 Å². The lowest BCUT2D eigenvalue weighted by molar-refractivity contribution is -0.201. The predicted octanol–water partition coefficient (Wildman–Crippen LogP) is 1.28. The van der Waals surface area contributed by atoms with Gasteiger partial charge in [-0.1, -0.05) is 44.2 Å². The standard InChI is InChI=1S/C10H14O2.C6H10O3/c1-8(2)10(11,12)9-6-4-3-5-7-9;1(5-3-8-5)7-2-6-4-9-6/h3-8,11-12H,1-2H3;5-6H,1-4H2. The molecule has 1 aromatic carbocycles. The van der Waals surface area contributed by atoms with E-state index in [4.69, 9.17) is 14.2 Å². The normalized spacial score (nSPS) is 23.5. The van der Waals surface area contributed by atoms with E-state index in [1.165, 1.54) is 0 Å². The second-order valence-electron chi connectivity index (χ2n) is 5.70. The van der Waals surface area contributed by atoms with E-state index >= 15 is 0 Å². The summed E-state index contributed by atoms with van der Waals surface area (Å²) in [7, 11) is 0. The molecule has 0 bridgehead atoms. The highest BCUT2D eigenvalue weighted by atomic mass is 16.6. The first-order chi connectivity index (χ1) is 10.00. The molecule has 0 saturated carbocycles. The van der Waals surface area contributed by atoms with Crippen molar-refractivity contribution in [2.24, 2.45) is 5.92 Å². The lowest BCUT2D eigenvalue weighted by Crippen LogP contribution is -2.31. The molecule has 0 spiro atoms. The van der Waals surface area contributed by atoms with Crippen molar-refractivity contribution in [3.63, 3.8) is 0 Å². The second-order valence-corrected chi connectivity index (χ2v) is 5.70. The lowest BCUT2D eigenvalue weighted by atomic mass is 9.95. The Morgan fingerprint density at radius 3 is 1.95 bits per heavy atom. The zero-order valence-corrected chi connectivity index (χ0v) is 12.6. The molecule has 2 unspecified atom stereocenters. The average molecular weight is 296 g/mol. The SMILES string of the molecule is C(OCC1CO1)C1CO1.CC(C)C(O)(O)c1ccccc1. The summed E-state index contributed by atoms with van der Waals surface area (Å²) in [5, 5.41) is 19.2. The third kappa shape index (κ3) is 5.73. The summed E-state index contributed by atoms with van der Waals surface area (Å²) in [6.45, 7) is 6.80. The molecule has 5 heteroatoms. The van der Waals surface area contributed by atoms with Crippen LogP contribution in [0.3, 0.4) is 0 Å². The molecule has 2 N–H and O–H groups in total. The number of ether oxygens (including phenoxy) is 3. The van der Waals surface area contributed by atoms with E-state index in [1.807, 2.05) is 6.07 Å². The Morgan fingerprint density at radius 1 is 1.10 bits per heavy atom. The molecular weight excluding hydrogens is 272 g/mol. The van der Waals surface area contributed by atoms with Crippen molar-refractivity contribution in [3.05, 3.63) is 35.9 Å². The Balaban J connectivity index is 0.000000159. The minimum Gasteiger partial charge on any atom is -0.376 e. The van der Waals surface area contributed by atoms with Crippen LogP contribution >= 0.6 is 0 Å². The van der Waals surface area contributed by atoms with Crippen LogP contribution in [-0.2, 0) is 20.0 Å². The van der Waals surface area contributed by atoms with E-state index in [9.17, 15) is 10.2 Å². The van der Waals surface area contributed by atoms with Gasteiger partial charge in [0.25, 0.3) is 0 Å². The highest BCUT2D eigenvalue weighted by Gasteiger charge is 2.29. The van der Waals surface area contributed by atoms with Crippen molar-refractivity contribution in [3.8, 4) is 0 Å². The largest absolute Gasteiger partial charge is 0.376 e. The van der Waals surface area contributed by atoms with Crippen LogP contribution in [0.4, 0.5) is 0 Å². The summed E-state index contributed by atoms with van der Waals surface area (Å²) in [5.41, 5.74) is 0.542. The number of benzene rings is 1. The molecule has 0 aliphatic carbocycles. The summed E-state index contributed by atoms with van der Waals surface area (Å²) in [5.74, 6) is -1.92. The molecule has 2 atom stereocenters. The van der Waals surface area contributed by atoms with Crippen molar-refractivity contribution in [1.82, 2.24) is 0 Å². The van der Waals surface area contributed by atoms with Crippen LogP contribution in [0.1, 0.15) is 19.4 Å². The fourth-order valence-corrected chi connectivity index (χ4v) is 1.68. The van der Waals surface area contributed by atoms with Crippen LogP contribution in [0, 0.1) is 5.92 Å². The van der Waals surface area contributed by atoms with Gasteiger partial charge in [0.2, 0.25) is 0 Å². The smallest absolute Gasteiger partial charge is 0.192 e. The second kappa shape index (κ2) is 7.33. The quantitative estimate of drug-likeness (QED) is 0.611. The molecule has 118 valence electrons. The molecule has 2 heterocycles. The minimum absolute atomic E-state index is 0.208. The Bertz CT molecular complexity index is 398. The monoisotopic (exact) mass is 296 g/mol. The molecule has 2 saturated heterocycles. The first-order valence-electron chi connectivity index (χ1n) is 7.31. The number of hydrogen-bond acceptors (Lipinski definition) is 5. The van der Waals surface area contributed by atoms with Gasteiger partial charge < -0.3 is 24.4 Å². The van der Waals surface area contributed by atoms with E-state index in [1.54, 1.807) is 38.1 Å². The number of rotatable bonds is 6. The highest BCUT2D eigenvalue weighted by molar-refractivity contribution is 5.19. The summed E-state index contributed by atoms with van der Waals surface area (Å²) < 4.78 is 15.1. The van der Waals surface area contributed by atoms with Gasteiger partial charge in [-0.25, -0.2) is 0 Å². The van der Waals surface area contributed by atoms with Crippen LogP contribution in [0.25, 0.3) is 0 Å². The fourth-order valence-electron chi connectivity index (χ4n) is 1.68. The van der Waals surface area contributed by atoms with E-state index < -0.39 is 5.79 Å². The number of aliphatic hydroxyl groups is 2. The number of epoxide rings is 2. The van der Waals surface area contributed by atoms with Crippen molar-refractivity contribution in [2.75, 3.05) is 26.4 Å². The fraction of sp³-hybridized carbons (Fsp3) is 0.625. The van der Waals surface area contributed by atoms with Crippen molar-refractivity contribution < 1.29 is 24.4 Å². The number of hydrogen-bond donors (Lipinski definition) is 2. The van der Waals surface area contributed by atoms with Crippen LogP contribution < -0.4 is 0 Å². The summed E-state index contributed by atoms with van der Waals surface area (Å²) >= 11 is 0. The first-order valence-corrected chi connectivity index (χ1v) is 7.31. The summed E-state index contributed by atoms with van der Waals surface area (Å²) in [6, 6.07) is 8.84. The molecule has 0 radical (unpaired) electrons. The Labute approximate surface area is 125 Å². The summed E-state index contributed by atoms with van der Waals surface area (Å²) in [6.07, 6.45) is 0.785. The molecule has 0 aromatic heterocycles. The van der Waals surface area contributed by atoms with Gasteiger partial charge in [0, 0.05) is 11.5 Å². The van der Waals surface area contributed by atoms with E-state index in [0.717, 1.165) is 26.4 Å². The average Bonchev–Trinajstić information content (AvgIpc) is 3.35. The molecule has 5 nitrogen and oxygen atoms in total. The van der Waals surface area contributed by atoms with Gasteiger partial charge in [0.1, 0.15) is 12.2 Å². The van der Waals surface area contributed by atoms with Crippen LogP contribution in [0.5, 0.6) is 0 Å². The first kappa shape index (κ1) is 16.4. The summed E-state index contributed by atoms with van der Waals surface area (Å²) in [4.78, 5) is 0. The van der Waals surface area contributed by atoms with Gasteiger partial charge >= 0.3 is 0 Å². The van der Waals surface area contributed by atoms with E-state index in [0.29, 0.717) is 17.8 Å². The van der Waals surface area contributed by atoms with Gasteiger partial charge in [-0.15, -0.1) is 0 Å². The van der Waals surface area contributed by atoms with Gasteiger partial charge in [0.15, 0.2) is 5.79 Å². The van der Waals surface area contributed by atoms with Gasteiger partial charge in [-0.05, 0) is 0 Å². The molecule has 1 aromatic rings. The van der Waals surface area contributed by atoms with Crippen molar-refractivity contribution in [1.29, 1.82) is 0 Å². The maximum Gasteiger partial charge on any atom is 0.192 e. The lowest BCUT2D eigenvalue weighted by Gasteiger charge is -2.26. The molecule has 3 rings (SSSR count). The zero-order chi connectivity index (χ0) is 15.3. The molecule has 2 aliphatic rings. The third-order valence-corrected chi connectivity index (χ3v) is 3.42. The third-order valence-electron chi connectivity index (χ3n) is 3.42. The maximum absolute atomic E-state index is 9.62. The van der Waals surface area contributed by atoms with Crippen molar-refractivity contribution in [2.45, 2.75) is 31.8 Å². The van der Waals surface area contributed by atoms with Crippen molar-refractivity contribution >= 4 is 0 Å². The molecular formula is C16H24O5. The van der Waals surface area contributed by atoms with E-state index in [2.05, 4.69) is 0 Å². The van der Waals surface area contributed by atoms with Crippen LogP contribution in [0.2, 0.25) is 0 Å².